The summed E-state index contributed by atoms with van der Waals surface area (Å²) in [6.07, 6.45) is 2.43. The van der Waals surface area contributed by atoms with Gasteiger partial charge in [-0.2, -0.15) is 0 Å². The first-order valence-electron chi connectivity index (χ1n) is 8.03. The number of nitro benzene ring substituents is 1. The van der Waals surface area contributed by atoms with Gasteiger partial charge < -0.3 is 4.42 Å². The molecule has 1 aliphatic heterocycles. The van der Waals surface area contributed by atoms with Gasteiger partial charge >= 0.3 is 0 Å². The number of nitro groups is 1. The van der Waals surface area contributed by atoms with Crippen molar-refractivity contribution in [3.8, 4) is 11.3 Å². The molecule has 2 aromatic rings. The summed E-state index contributed by atoms with van der Waals surface area (Å²) in [5, 5.41) is 11.2. The number of nitrogens with zero attached hydrogens (tertiary/aromatic N) is 2. The van der Waals surface area contributed by atoms with Gasteiger partial charge in [0, 0.05) is 18.2 Å². The highest BCUT2D eigenvalue weighted by Crippen LogP contribution is 2.36. The number of amides is 1. The van der Waals surface area contributed by atoms with E-state index in [1.165, 1.54) is 17.8 Å². The van der Waals surface area contributed by atoms with E-state index in [-0.39, 0.29) is 17.6 Å². The number of rotatable bonds is 5. The van der Waals surface area contributed by atoms with Gasteiger partial charge in [0.15, 0.2) is 0 Å². The lowest BCUT2D eigenvalue weighted by Crippen LogP contribution is -2.36. The number of benzene rings is 1. The van der Waals surface area contributed by atoms with Crippen LogP contribution in [0, 0.1) is 10.1 Å². The molecule has 1 saturated heterocycles. The minimum absolute atomic E-state index is 0.0310. The Kier molecular flexibility index (Phi) is 5.24. The van der Waals surface area contributed by atoms with Crippen LogP contribution in [0.1, 0.15) is 26.0 Å². The zero-order valence-electron chi connectivity index (χ0n) is 14.2. The molecule has 1 aliphatic rings. The number of hydrogen-bond donors (Lipinski definition) is 0. The molecule has 134 valence electrons. The molecule has 0 bridgehead atoms. The van der Waals surface area contributed by atoms with Crippen LogP contribution in [0.25, 0.3) is 17.4 Å². The lowest BCUT2D eigenvalue weighted by molar-refractivity contribution is -0.384. The summed E-state index contributed by atoms with van der Waals surface area (Å²) in [7, 11) is 0. The van der Waals surface area contributed by atoms with E-state index >= 15 is 0 Å². The van der Waals surface area contributed by atoms with Crippen molar-refractivity contribution in [1.82, 2.24) is 4.90 Å². The van der Waals surface area contributed by atoms with Gasteiger partial charge in [-0.05, 0) is 31.5 Å². The van der Waals surface area contributed by atoms with Gasteiger partial charge in [0.05, 0.1) is 15.4 Å². The van der Waals surface area contributed by atoms with E-state index in [9.17, 15) is 14.9 Å². The molecule has 0 saturated carbocycles. The minimum Gasteiger partial charge on any atom is -0.456 e. The molecule has 6 nitrogen and oxygen atoms in total. The van der Waals surface area contributed by atoms with Crippen LogP contribution in [0.3, 0.4) is 0 Å². The molecule has 0 radical (unpaired) electrons. The predicted molar refractivity (Wildman–Crippen MR) is 106 cm³/mol. The summed E-state index contributed by atoms with van der Waals surface area (Å²) in [4.78, 5) is 25.4. The van der Waals surface area contributed by atoms with Crippen molar-refractivity contribution in [2.45, 2.75) is 26.3 Å². The Morgan fingerprint density at radius 1 is 1.35 bits per heavy atom. The van der Waals surface area contributed by atoms with Crippen LogP contribution >= 0.6 is 24.0 Å². The highest BCUT2D eigenvalue weighted by Gasteiger charge is 2.34. The number of thioether (sulfide) groups is 1. The summed E-state index contributed by atoms with van der Waals surface area (Å²) in [5.41, 5.74) is 0.362. The largest absolute Gasteiger partial charge is 0.456 e. The Labute approximate surface area is 160 Å². The normalized spacial score (nSPS) is 17.2. The standard InChI is InChI=1S/C18H16N2O4S2/c1-3-11(2)19-17(21)16(26-18(19)25)10-12-8-9-15(24-12)13-6-4-5-7-14(13)20(22)23/h4-11H,3H2,1-2H3/b16-10+/t11-/m1/s1. The molecule has 0 N–H and O–H groups in total. The molecule has 0 unspecified atom stereocenters. The lowest BCUT2D eigenvalue weighted by Gasteiger charge is -2.21. The van der Waals surface area contributed by atoms with Crippen LogP contribution in [0.15, 0.2) is 45.7 Å². The third-order valence-corrected chi connectivity index (χ3v) is 5.45. The van der Waals surface area contributed by atoms with Crippen molar-refractivity contribution in [1.29, 1.82) is 0 Å². The molecule has 1 aromatic carbocycles. The van der Waals surface area contributed by atoms with Crippen molar-refractivity contribution in [2.75, 3.05) is 0 Å². The SMILES string of the molecule is CC[C@@H](C)N1C(=O)/C(=C\c2ccc(-c3ccccc3[N+](=O)[O-])o2)SC1=S. The van der Waals surface area contributed by atoms with Crippen LogP contribution in [0.5, 0.6) is 0 Å². The molecule has 8 heteroatoms. The first kappa shape index (κ1) is 18.3. The topological polar surface area (TPSA) is 76.6 Å². The quantitative estimate of drug-likeness (QED) is 0.315. The Balaban J connectivity index is 1.90. The number of carbonyl (C=O) groups excluding carboxylic acids is 1. The van der Waals surface area contributed by atoms with Crippen molar-refractivity contribution in [3.63, 3.8) is 0 Å². The van der Waals surface area contributed by atoms with Crippen LogP contribution in [0.2, 0.25) is 0 Å². The molecule has 1 atom stereocenters. The van der Waals surface area contributed by atoms with Crippen molar-refractivity contribution in [3.05, 3.63) is 57.2 Å². The van der Waals surface area contributed by atoms with E-state index in [1.807, 2.05) is 13.8 Å². The summed E-state index contributed by atoms with van der Waals surface area (Å²) in [6, 6.07) is 9.74. The molecule has 1 amide bonds. The summed E-state index contributed by atoms with van der Waals surface area (Å²) >= 11 is 6.54. The van der Waals surface area contributed by atoms with Crippen LogP contribution < -0.4 is 0 Å². The Hall–Kier alpha value is -2.45. The maximum atomic E-state index is 12.6. The minimum atomic E-state index is -0.450. The average Bonchev–Trinajstić information content (AvgIpc) is 3.19. The molecular formula is C18H16N2O4S2. The lowest BCUT2D eigenvalue weighted by atomic mass is 10.1. The first-order chi connectivity index (χ1) is 12.4. The number of para-hydroxylation sites is 1. The predicted octanol–water partition coefficient (Wildman–Crippen LogP) is 4.85. The van der Waals surface area contributed by atoms with Crippen molar-refractivity contribution in [2.24, 2.45) is 0 Å². The van der Waals surface area contributed by atoms with E-state index in [0.29, 0.717) is 26.3 Å². The van der Waals surface area contributed by atoms with E-state index in [1.54, 1.807) is 41.3 Å². The molecule has 3 rings (SSSR count). The molecular weight excluding hydrogens is 372 g/mol. The van der Waals surface area contributed by atoms with E-state index < -0.39 is 4.92 Å². The second-order valence-electron chi connectivity index (χ2n) is 5.79. The van der Waals surface area contributed by atoms with Gasteiger partial charge in [-0.25, -0.2) is 0 Å². The highest BCUT2D eigenvalue weighted by atomic mass is 32.2. The molecule has 0 aliphatic carbocycles. The summed E-state index contributed by atoms with van der Waals surface area (Å²) in [5.74, 6) is 0.682. The van der Waals surface area contributed by atoms with E-state index in [2.05, 4.69) is 0 Å². The zero-order valence-corrected chi connectivity index (χ0v) is 15.8. The smallest absolute Gasteiger partial charge is 0.280 e. The molecule has 0 spiro atoms. The van der Waals surface area contributed by atoms with Gasteiger partial charge in [-0.15, -0.1) is 0 Å². The second-order valence-corrected chi connectivity index (χ2v) is 7.46. The number of hydrogen-bond acceptors (Lipinski definition) is 6. The van der Waals surface area contributed by atoms with E-state index in [0.717, 1.165) is 6.42 Å². The third-order valence-electron chi connectivity index (χ3n) is 4.12. The Bertz CT molecular complexity index is 919. The van der Waals surface area contributed by atoms with Gasteiger partial charge in [0.2, 0.25) is 0 Å². The van der Waals surface area contributed by atoms with Crippen molar-refractivity contribution >= 4 is 46.0 Å². The van der Waals surface area contributed by atoms with Crippen molar-refractivity contribution < 1.29 is 14.1 Å². The number of thiocarbonyl (C=S) groups is 1. The fraction of sp³-hybridized carbons (Fsp3) is 0.222. The molecule has 1 fully saturated rings. The average molecular weight is 388 g/mol. The van der Waals surface area contributed by atoms with E-state index in [4.69, 9.17) is 16.6 Å². The monoisotopic (exact) mass is 388 g/mol. The number of carbonyl (C=O) groups is 1. The fourth-order valence-electron chi connectivity index (χ4n) is 2.59. The highest BCUT2D eigenvalue weighted by molar-refractivity contribution is 8.26. The fourth-order valence-corrected chi connectivity index (χ4v) is 4.03. The van der Waals surface area contributed by atoms with Gasteiger partial charge in [-0.3, -0.25) is 19.8 Å². The van der Waals surface area contributed by atoms with Gasteiger partial charge in [0.1, 0.15) is 15.8 Å². The molecule has 26 heavy (non-hydrogen) atoms. The third kappa shape index (κ3) is 3.42. The van der Waals surface area contributed by atoms with Gasteiger partial charge in [-0.1, -0.05) is 43.0 Å². The summed E-state index contributed by atoms with van der Waals surface area (Å²) in [6.45, 7) is 3.95. The maximum Gasteiger partial charge on any atom is 0.280 e. The zero-order chi connectivity index (χ0) is 18.8. The van der Waals surface area contributed by atoms with Crippen LogP contribution in [-0.4, -0.2) is 26.1 Å². The van der Waals surface area contributed by atoms with Gasteiger partial charge in [0.25, 0.3) is 11.6 Å². The number of furan rings is 1. The van der Waals surface area contributed by atoms with Crippen LogP contribution in [-0.2, 0) is 4.79 Å². The Morgan fingerprint density at radius 3 is 2.77 bits per heavy atom. The first-order valence-corrected chi connectivity index (χ1v) is 9.25. The maximum absolute atomic E-state index is 12.6. The molecule has 1 aromatic heterocycles. The molecule has 2 heterocycles. The second kappa shape index (κ2) is 7.43. The summed E-state index contributed by atoms with van der Waals surface area (Å²) < 4.78 is 6.25. The Morgan fingerprint density at radius 2 is 2.08 bits per heavy atom. The van der Waals surface area contributed by atoms with Crippen LogP contribution in [0.4, 0.5) is 5.69 Å².